The van der Waals surface area contributed by atoms with Crippen LogP contribution in [0.3, 0.4) is 0 Å². The molecule has 2 N–H and O–H groups in total. The molecule has 5 nitrogen and oxygen atoms in total. The number of hydrogen-bond acceptors (Lipinski definition) is 5. The molecular formula is C22H24N2O3S2. The molecule has 0 bridgehead atoms. The number of amidine groups is 1. The van der Waals surface area contributed by atoms with E-state index in [2.05, 4.69) is 35.6 Å². The molecule has 1 aromatic heterocycles. The van der Waals surface area contributed by atoms with Gasteiger partial charge in [-0.05, 0) is 56.2 Å². The van der Waals surface area contributed by atoms with E-state index in [1.807, 2.05) is 13.0 Å². The van der Waals surface area contributed by atoms with Crippen molar-refractivity contribution in [2.45, 2.75) is 37.0 Å². The van der Waals surface area contributed by atoms with Gasteiger partial charge in [-0.3, -0.25) is 5.41 Å². The lowest BCUT2D eigenvalue weighted by Crippen LogP contribution is -2.63. The Morgan fingerprint density at radius 3 is 2.34 bits per heavy atom. The quantitative estimate of drug-likeness (QED) is 0.642. The summed E-state index contributed by atoms with van der Waals surface area (Å²) in [6.45, 7) is 6.62. The molecule has 3 aromatic rings. The Morgan fingerprint density at radius 2 is 1.72 bits per heavy atom. The first-order chi connectivity index (χ1) is 13.6. The van der Waals surface area contributed by atoms with Crippen LogP contribution in [0.2, 0.25) is 0 Å². The summed E-state index contributed by atoms with van der Waals surface area (Å²) in [6.07, 6.45) is 0. The Bertz CT molecular complexity index is 1270. The first-order valence-electron chi connectivity index (χ1n) is 9.75. The number of thiophene rings is 1. The molecule has 0 aliphatic carbocycles. The van der Waals surface area contributed by atoms with Crippen molar-refractivity contribution in [2.24, 2.45) is 0 Å². The lowest BCUT2D eigenvalue weighted by molar-refractivity contribution is 0.00848. The zero-order valence-electron chi connectivity index (χ0n) is 16.7. The molecule has 152 valence electrons. The Kier molecular flexibility index (Phi) is 3.96. The summed E-state index contributed by atoms with van der Waals surface area (Å²) in [4.78, 5) is 0. The summed E-state index contributed by atoms with van der Waals surface area (Å²) >= 11 is 1.75. The van der Waals surface area contributed by atoms with Crippen LogP contribution < -0.4 is 5.32 Å². The Labute approximate surface area is 174 Å². The van der Waals surface area contributed by atoms with Gasteiger partial charge in [0.05, 0.1) is 24.5 Å². The van der Waals surface area contributed by atoms with Crippen LogP contribution in [0.4, 0.5) is 0 Å². The fourth-order valence-electron chi connectivity index (χ4n) is 4.15. The maximum atomic E-state index is 12.9. The lowest BCUT2D eigenvalue weighted by atomic mass is 9.90. The monoisotopic (exact) mass is 428 g/mol. The van der Waals surface area contributed by atoms with Gasteiger partial charge in [-0.15, -0.1) is 11.3 Å². The van der Waals surface area contributed by atoms with Crippen molar-refractivity contribution in [2.75, 3.05) is 19.0 Å². The fraction of sp³-hybridized carbons (Fsp3) is 0.409. The normalized spacial score (nSPS) is 26.4. The zero-order valence-corrected chi connectivity index (χ0v) is 18.3. The van der Waals surface area contributed by atoms with E-state index < -0.39 is 20.1 Å². The molecule has 7 heteroatoms. The van der Waals surface area contributed by atoms with Crippen molar-refractivity contribution < 1.29 is 13.2 Å². The highest BCUT2D eigenvalue weighted by molar-refractivity contribution is 7.93. The standard InChI is InChI=1S/C22H24N2O3S2/c1-21(2)20(23)24-22(3,12-29(21,25)26)15-5-7-19-17(9-15)16-8-13(14-10-27-11-14)4-6-18(16)28-19/h4-9,14H,10-12H2,1-3H3,(H2,23,24)/t22-/m0/s1. The van der Waals surface area contributed by atoms with Crippen LogP contribution in [0.1, 0.15) is 37.8 Å². The molecule has 1 atom stereocenters. The molecule has 0 spiro atoms. The summed E-state index contributed by atoms with van der Waals surface area (Å²) in [5.41, 5.74) is 1.36. The third-order valence-electron chi connectivity index (χ3n) is 6.50. The maximum absolute atomic E-state index is 12.9. The number of fused-ring (bicyclic) bond motifs is 3. The molecular weight excluding hydrogens is 404 g/mol. The molecule has 0 amide bonds. The van der Waals surface area contributed by atoms with E-state index in [4.69, 9.17) is 10.1 Å². The minimum Gasteiger partial charge on any atom is -0.380 e. The van der Waals surface area contributed by atoms with Crippen LogP contribution in [0.25, 0.3) is 20.2 Å². The summed E-state index contributed by atoms with van der Waals surface area (Å²) in [5, 5.41) is 13.9. The second-order valence-electron chi connectivity index (χ2n) is 8.90. The van der Waals surface area contributed by atoms with Gasteiger partial charge in [-0.1, -0.05) is 12.1 Å². The SMILES string of the molecule is CC1(C)C(=N)N[C@](C)(c2ccc3sc4ccc(C5COC5)cc4c3c2)CS1(=O)=O. The summed E-state index contributed by atoms with van der Waals surface area (Å²) in [5.74, 6) is 0.477. The van der Waals surface area contributed by atoms with Crippen molar-refractivity contribution in [3.05, 3.63) is 47.5 Å². The molecule has 5 rings (SSSR count). The zero-order chi connectivity index (χ0) is 20.6. The first kappa shape index (κ1) is 19.0. The van der Waals surface area contributed by atoms with Crippen LogP contribution in [0.5, 0.6) is 0 Å². The first-order valence-corrected chi connectivity index (χ1v) is 12.2. The van der Waals surface area contributed by atoms with E-state index >= 15 is 0 Å². The highest BCUT2D eigenvalue weighted by Crippen LogP contribution is 2.40. The Morgan fingerprint density at radius 1 is 1.07 bits per heavy atom. The van der Waals surface area contributed by atoms with Crippen molar-refractivity contribution in [1.29, 1.82) is 5.41 Å². The van der Waals surface area contributed by atoms with Gasteiger partial charge < -0.3 is 10.1 Å². The van der Waals surface area contributed by atoms with Crippen molar-refractivity contribution in [3.8, 4) is 0 Å². The highest BCUT2D eigenvalue weighted by Gasteiger charge is 2.50. The summed E-state index contributed by atoms with van der Waals surface area (Å²) in [7, 11) is -3.46. The van der Waals surface area contributed by atoms with Gasteiger partial charge in [-0.25, -0.2) is 8.42 Å². The van der Waals surface area contributed by atoms with Crippen LogP contribution in [0.15, 0.2) is 36.4 Å². The molecule has 0 unspecified atom stereocenters. The predicted molar refractivity (Wildman–Crippen MR) is 119 cm³/mol. The highest BCUT2D eigenvalue weighted by atomic mass is 32.2. The van der Waals surface area contributed by atoms with E-state index in [0.29, 0.717) is 5.92 Å². The minimum atomic E-state index is -3.46. The molecule has 2 aromatic carbocycles. The second kappa shape index (κ2) is 6.03. The topological polar surface area (TPSA) is 79.2 Å². The lowest BCUT2D eigenvalue weighted by Gasteiger charge is -2.43. The predicted octanol–water partition coefficient (Wildman–Crippen LogP) is 4.16. The summed E-state index contributed by atoms with van der Waals surface area (Å²) in [6, 6.07) is 12.8. The third-order valence-corrected chi connectivity index (χ3v) is 10.4. The van der Waals surface area contributed by atoms with Crippen LogP contribution in [-0.4, -0.2) is 38.0 Å². The number of sulfone groups is 1. The van der Waals surface area contributed by atoms with Crippen LogP contribution >= 0.6 is 11.3 Å². The van der Waals surface area contributed by atoms with Crippen LogP contribution in [0, 0.1) is 5.41 Å². The van der Waals surface area contributed by atoms with Gasteiger partial charge in [0.25, 0.3) is 0 Å². The van der Waals surface area contributed by atoms with Gasteiger partial charge in [-0.2, -0.15) is 0 Å². The number of hydrogen-bond donors (Lipinski definition) is 2. The van der Waals surface area contributed by atoms with E-state index in [1.165, 1.54) is 20.3 Å². The van der Waals surface area contributed by atoms with E-state index in [0.717, 1.165) is 24.2 Å². The molecule has 0 radical (unpaired) electrons. The molecule has 0 saturated carbocycles. The fourth-order valence-corrected chi connectivity index (χ4v) is 6.94. The largest absolute Gasteiger partial charge is 0.380 e. The second-order valence-corrected chi connectivity index (χ2v) is 12.5. The van der Waals surface area contributed by atoms with E-state index in [1.54, 1.807) is 25.2 Å². The number of nitrogens with one attached hydrogen (secondary N) is 2. The average molecular weight is 429 g/mol. The third kappa shape index (κ3) is 2.75. The van der Waals surface area contributed by atoms with Gasteiger partial charge in [0.2, 0.25) is 0 Å². The van der Waals surface area contributed by atoms with Crippen molar-refractivity contribution in [1.82, 2.24) is 5.32 Å². The molecule has 29 heavy (non-hydrogen) atoms. The van der Waals surface area contributed by atoms with Gasteiger partial charge in [0.1, 0.15) is 10.6 Å². The van der Waals surface area contributed by atoms with Gasteiger partial charge in [0, 0.05) is 26.1 Å². The molecule has 2 aliphatic heterocycles. The number of ether oxygens (including phenoxy) is 1. The molecule has 2 aliphatic rings. The molecule has 3 heterocycles. The Balaban J connectivity index is 1.64. The number of benzene rings is 2. The van der Waals surface area contributed by atoms with Crippen molar-refractivity contribution in [3.63, 3.8) is 0 Å². The van der Waals surface area contributed by atoms with Gasteiger partial charge >= 0.3 is 0 Å². The smallest absolute Gasteiger partial charge is 0.165 e. The maximum Gasteiger partial charge on any atom is 0.165 e. The molecule has 2 saturated heterocycles. The molecule has 2 fully saturated rings. The average Bonchev–Trinajstić information content (AvgIpc) is 2.96. The van der Waals surface area contributed by atoms with Crippen LogP contribution in [-0.2, 0) is 20.1 Å². The Hall–Kier alpha value is -1.96. The summed E-state index contributed by atoms with van der Waals surface area (Å²) < 4.78 is 32.4. The minimum absolute atomic E-state index is 0.0341. The number of rotatable bonds is 2. The van der Waals surface area contributed by atoms with Crippen molar-refractivity contribution >= 4 is 47.2 Å². The van der Waals surface area contributed by atoms with E-state index in [9.17, 15) is 8.42 Å². The van der Waals surface area contributed by atoms with E-state index in [-0.39, 0.29) is 11.6 Å². The van der Waals surface area contributed by atoms with Gasteiger partial charge in [0.15, 0.2) is 9.84 Å².